The van der Waals surface area contributed by atoms with Gasteiger partial charge in [0.05, 0.1) is 5.39 Å². The Morgan fingerprint density at radius 1 is 1.43 bits per heavy atom. The molecule has 0 aliphatic rings. The molecular weight excluding hydrogens is 184 g/mol. The number of phenols is 1. The summed E-state index contributed by atoms with van der Waals surface area (Å²) in [6, 6.07) is 4.66. The quantitative estimate of drug-likeness (QED) is 0.726. The molecule has 0 saturated heterocycles. The number of carboxylic acids is 1. The highest BCUT2D eigenvalue weighted by Crippen LogP contribution is 2.32. The summed E-state index contributed by atoms with van der Waals surface area (Å²) in [5, 5.41) is 18.7. The van der Waals surface area contributed by atoms with Gasteiger partial charge < -0.3 is 14.6 Å². The van der Waals surface area contributed by atoms with Gasteiger partial charge in [-0.2, -0.15) is 0 Å². The number of rotatable bonds is 1. The molecule has 0 saturated carbocycles. The average Bonchev–Trinajstić information content (AvgIpc) is 2.42. The fraction of sp³-hybridized carbons (Fsp3) is 0.100. The molecule has 0 radical (unpaired) electrons. The van der Waals surface area contributed by atoms with Crippen molar-refractivity contribution in [2.75, 3.05) is 0 Å². The van der Waals surface area contributed by atoms with Gasteiger partial charge >= 0.3 is 5.97 Å². The van der Waals surface area contributed by atoms with Crippen molar-refractivity contribution in [3.05, 3.63) is 29.5 Å². The lowest BCUT2D eigenvalue weighted by Crippen LogP contribution is -1.96. The average molecular weight is 192 g/mol. The van der Waals surface area contributed by atoms with Crippen LogP contribution in [0, 0.1) is 6.92 Å². The normalized spacial score (nSPS) is 10.6. The Hall–Kier alpha value is -1.97. The summed E-state index contributed by atoms with van der Waals surface area (Å²) in [6.07, 6.45) is 0. The van der Waals surface area contributed by atoms with E-state index < -0.39 is 5.97 Å². The lowest BCUT2D eigenvalue weighted by Gasteiger charge is -1.94. The number of aromatic hydroxyl groups is 1. The van der Waals surface area contributed by atoms with Crippen molar-refractivity contribution < 1.29 is 19.4 Å². The number of carboxylic acid groups (broad SMARTS) is 1. The minimum absolute atomic E-state index is 0.0260. The van der Waals surface area contributed by atoms with Gasteiger partial charge in [-0.25, -0.2) is 4.79 Å². The predicted molar refractivity (Wildman–Crippen MR) is 49.6 cm³/mol. The van der Waals surface area contributed by atoms with Gasteiger partial charge in [0, 0.05) is 0 Å². The second-order valence-corrected chi connectivity index (χ2v) is 2.99. The number of aromatic carboxylic acids is 1. The molecule has 0 amide bonds. The number of phenolic OH excluding ortho intramolecular Hbond substituents is 1. The van der Waals surface area contributed by atoms with Crippen LogP contribution in [-0.4, -0.2) is 16.2 Å². The molecule has 1 aromatic heterocycles. The molecule has 72 valence electrons. The van der Waals surface area contributed by atoms with Crippen LogP contribution in [0.1, 0.15) is 16.1 Å². The summed E-state index contributed by atoms with van der Waals surface area (Å²) in [4.78, 5) is 10.9. The van der Waals surface area contributed by atoms with E-state index >= 15 is 0 Å². The molecule has 1 aromatic carbocycles. The van der Waals surface area contributed by atoms with Gasteiger partial charge in [0.15, 0.2) is 0 Å². The van der Waals surface area contributed by atoms with Crippen molar-refractivity contribution in [1.29, 1.82) is 0 Å². The second-order valence-electron chi connectivity index (χ2n) is 2.99. The Kier molecular flexibility index (Phi) is 1.70. The Morgan fingerprint density at radius 3 is 2.79 bits per heavy atom. The molecule has 4 heteroatoms. The molecule has 0 bridgehead atoms. The van der Waals surface area contributed by atoms with Gasteiger partial charge in [-0.1, -0.05) is 6.07 Å². The monoisotopic (exact) mass is 192 g/mol. The Labute approximate surface area is 79.4 Å². The summed E-state index contributed by atoms with van der Waals surface area (Å²) in [5.41, 5.74) is 0.415. The summed E-state index contributed by atoms with van der Waals surface area (Å²) in [5.74, 6) is -0.867. The lowest BCUT2D eigenvalue weighted by molar-refractivity contribution is 0.0696. The minimum atomic E-state index is -1.09. The highest BCUT2D eigenvalue weighted by Gasteiger charge is 2.19. The van der Waals surface area contributed by atoms with Crippen LogP contribution in [0.25, 0.3) is 11.0 Å². The number of carbonyl (C=O) groups is 1. The van der Waals surface area contributed by atoms with Gasteiger partial charge in [-0.05, 0) is 19.1 Å². The molecule has 0 fully saturated rings. The van der Waals surface area contributed by atoms with E-state index in [-0.39, 0.29) is 16.7 Å². The first-order valence-electron chi connectivity index (χ1n) is 4.05. The van der Waals surface area contributed by atoms with Gasteiger partial charge in [-0.3, -0.25) is 0 Å². The van der Waals surface area contributed by atoms with Crippen LogP contribution in [0.4, 0.5) is 0 Å². The molecule has 0 spiro atoms. The fourth-order valence-corrected chi connectivity index (χ4v) is 1.51. The first-order chi connectivity index (χ1) is 6.61. The largest absolute Gasteiger partial charge is 0.507 e. The minimum Gasteiger partial charge on any atom is -0.507 e. The van der Waals surface area contributed by atoms with Crippen molar-refractivity contribution in [1.82, 2.24) is 0 Å². The van der Waals surface area contributed by atoms with Crippen LogP contribution in [0.2, 0.25) is 0 Å². The van der Waals surface area contributed by atoms with E-state index in [1.807, 2.05) is 0 Å². The highest BCUT2D eigenvalue weighted by atomic mass is 16.4. The predicted octanol–water partition coefficient (Wildman–Crippen LogP) is 2.15. The molecule has 2 rings (SSSR count). The standard InChI is InChI=1S/C10H8O4/c1-5-8(10(12)13)9-6(11)3-2-4-7(9)14-5/h2-4,11H,1H3,(H,12,13). The second kappa shape index (κ2) is 2.77. The van der Waals surface area contributed by atoms with E-state index in [1.54, 1.807) is 19.1 Å². The molecular formula is C10H8O4. The number of benzene rings is 1. The molecule has 0 atom stereocenters. The van der Waals surface area contributed by atoms with Crippen molar-refractivity contribution in [3.63, 3.8) is 0 Å². The maximum Gasteiger partial charge on any atom is 0.340 e. The topological polar surface area (TPSA) is 70.7 Å². The summed E-state index contributed by atoms with van der Waals surface area (Å²) in [6.45, 7) is 1.56. The zero-order valence-corrected chi connectivity index (χ0v) is 7.44. The highest BCUT2D eigenvalue weighted by molar-refractivity contribution is 6.06. The third kappa shape index (κ3) is 1.04. The van der Waals surface area contributed by atoms with Crippen LogP contribution in [0.3, 0.4) is 0 Å². The van der Waals surface area contributed by atoms with Gasteiger partial charge in [-0.15, -0.1) is 0 Å². The van der Waals surface area contributed by atoms with E-state index in [0.717, 1.165) is 0 Å². The molecule has 1 heterocycles. The maximum absolute atomic E-state index is 10.9. The van der Waals surface area contributed by atoms with Crippen LogP contribution in [0.5, 0.6) is 5.75 Å². The summed E-state index contributed by atoms with van der Waals surface area (Å²) in [7, 11) is 0. The van der Waals surface area contributed by atoms with Gasteiger partial charge in [0.2, 0.25) is 0 Å². The molecule has 2 aromatic rings. The first-order valence-corrected chi connectivity index (χ1v) is 4.05. The van der Waals surface area contributed by atoms with Crippen molar-refractivity contribution in [2.45, 2.75) is 6.92 Å². The smallest absolute Gasteiger partial charge is 0.340 e. The zero-order chi connectivity index (χ0) is 10.3. The van der Waals surface area contributed by atoms with Crippen molar-refractivity contribution in [2.24, 2.45) is 0 Å². The molecule has 14 heavy (non-hydrogen) atoms. The van der Waals surface area contributed by atoms with Crippen LogP contribution in [0.15, 0.2) is 22.6 Å². The number of hydrogen-bond donors (Lipinski definition) is 2. The van der Waals surface area contributed by atoms with Crippen molar-refractivity contribution in [3.8, 4) is 5.75 Å². The van der Waals surface area contributed by atoms with E-state index in [0.29, 0.717) is 11.3 Å². The van der Waals surface area contributed by atoms with E-state index in [4.69, 9.17) is 9.52 Å². The molecule has 2 N–H and O–H groups in total. The number of hydrogen-bond acceptors (Lipinski definition) is 3. The Bertz CT molecular complexity index is 510. The number of furan rings is 1. The third-order valence-corrected chi connectivity index (χ3v) is 2.08. The molecule has 0 aliphatic heterocycles. The SMILES string of the molecule is Cc1oc2cccc(O)c2c1C(=O)O. The first kappa shape index (κ1) is 8.62. The zero-order valence-electron chi connectivity index (χ0n) is 7.44. The lowest BCUT2D eigenvalue weighted by atomic mass is 10.1. The van der Waals surface area contributed by atoms with Gasteiger partial charge in [0.25, 0.3) is 0 Å². The fourth-order valence-electron chi connectivity index (χ4n) is 1.51. The van der Waals surface area contributed by atoms with Crippen molar-refractivity contribution >= 4 is 16.9 Å². The van der Waals surface area contributed by atoms with Crippen LogP contribution >= 0.6 is 0 Å². The Morgan fingerprint density at radius 2 is 2.14 bits per heavy atom. The molecule has 0 aliphatic carbocycles. The Balaban J connectivity index is 2.93. The number of aryl methyl sites for hydroxylation is 1. The van der Waals surface area contributed by atoms with E-state index in [1.165, 1.54) is 6.07 Å². The summed E-state index contributed by atoms with van der Waals surface area (Å²) >= 11 is 0. The third-order valence-electron chi connectivity index (χ3n) is 2.08. The van der Waals surface area contributed by atoms with Crippen LogP contribution < -0.4 is 0 Å². The number of fused-ring (bicyclic) bond motifs is 1. The van der Waals surface area contributed by atoms with Gasteiger partial charge in [0.1, 0.15) is 22.7 Å². The van der Waals surface area contributed by atoms with E-state index in [9.17, 15) is 9.90 Å². The summed E-state index contributed by atoms with van der Waals surface area (Å²) < 4.78 is 5.20. The van der Waals surface area contributed by atoms with Crippen LogP contribution in [-0.2, 0) is 0 Å². The molecule has 4 nitrogen and oxygen atoms in total. The maximum atomic E-state index is 10.9. The molecule has 0 unspecified atom stereocenters. The van der Waals surface area contributed by atoms with E-state index in [2.05, 4.69) is 0 Å².